The van der Waals surface area contributed by atoms with E-state index < -0.39 is 0 Å². The summed E-state index contributed by atoms with van der Waals surface area (Å²) < 4.78 is 20.1. The molecule has 0 saturated carbocycles. The minimum absolute atomic E-state index is 0.285. The molecule has 0 spiro atoms. The summed E-state index contributed by atoms with van der Waals surface area (Å²) in [5, 5.41) is 0.552. The topological polar surface area (TPSA) is 22.1 Å². The van der Waals surface area contributed by atoms with Gasteiger partial charge in [-0.1, -0.05) is 28.1 Å². The molecule has 0 N–H and O–H groups in total. The molecule has 0 radical (unpaired) electrons. The van der Waals surface area contributed by atoms with Crippen LogP contribution >= 0.6 is 31.9 Å². The molecule has 0 aliphatic rings. The first-order chi connectivity index (χ1) is 8.70. The number of hydrogen-bond acceptors (Lipinski definition) is 2. The molecule has 0 aliphatic carbocycles. The van der Waals surface area contributed by atoms with Crippen molar-refractivity contribution in [2.75, 3.05) is 0 Å². The lowest BCUT2D eigenvalue weighted by atomic mass is 10.2. The predicted molar refractivity (Wildman–Crippen MR) is 75.3 cm³/mol. The van der Waals surface area contributed by atoms with Gasteiger partial charge in [-0.2, -0.15) is 0 Å². The smallest absolute Gasteiger partial charge is 0.165 e. The highest BCUT2D eigenvalue weighted by Crippen LogP contribution is 2.25. The van der Waals surface area contributed by atoms with E-state index in [-0.39, 0.29) is 18.2 Å². The van der Waals surface area contributed by atoms with Gasteiger partial charge in [-0.05, 0) is 28.1 Å². The Labute approximate surface area is 121 Å². The second-order valence-corrected chi connectivity index (χ2v) is 5.14. The third-order valence-electron chi connectivity index (χ3n) is 2.34. The van der Waals surface area contributed by atoms with Crippen LogP contribution in [0, 0.1) is 5.82 Å². The van der Waals surface area contributed by atoms with Gasteiger partial charge in [0, 0.05) is 33.3 Å². The molecular formula is C13H10Br2FNO. The Morgan fingerprint density at radius 2 is 2.11 bits per heavy atom. The lowest BCUT2D eigenvalue weighted by Gasteiger charge is -2.10. The Hall–Kier alpha value is -0.940. The van der Waals surface area contributed by atoms with Crippen LogP contribution in [0.3, 0.4) is 0 Å². The Bertz CT molecular complexity index is 548. The molecule has 2 nitrogen and oxygen atoms in total. The van der Waals surface area contributed by atoms with Crippen molar-refractivity contribution in [3.05, 3.63) is 58.1 Å². The zero-order valence-corrected chi connectivity index (χ0v) is 12.5. The molecule has 94 valence electrons. The number of aromatic nitrogens is 1. The van der Waals surface area contributed by atoms with Gasteiger partial charge in [-0.15, -0.1) is 0 Å². The van der Waals surface area contributed by atoms with Crippen molar-refractivity contribution in [2.24, 2.45) is 0 Å². The normalized spacial score (nSPS) is 10.4. The molecule has 2 aromatic rings. The molecule has 0 unspecified atom stereocenters. The van der Waals surface area contributed by atoms with E-state index in [1.807, 2.05) is 12.1 Å². The fourth-order valence-electron chi connectivity index (χ4n) is 1.51. The fourth-order valence-corrected chi connectivity index (χ4v) is 2.36. The average molecular weight is 375 g/mol. The molecule has 0 bridgehead atoms. The summed E-state index contributed by atoms with van der Waals surface area (Å²) in [6.45, 7) is 0.285. The van der Waals surface area contributed by atoms with Gasteiger partial charge in [-0.3, -0.25) is 4.98 Å². The Balaban J connectivity index is 2.15. The molecule has 1 aromatic heterocycles. The van der Waals surface area contributed by atoms with Gasteiger partial charge < -0.3 is 4.74 Å². The average Bonchev–Trinajstić information content (AvgIpc) is 2.37. The number of halogens is 3. The monoisotopic (exact) mass is 373 g/mol. The number of pyridine rings is 1. The zero-order valence-electron chi connectivity index (χ0n) is 9.37. The zero-order chi connectivity index (χ0) is 13.0. The third kappa shape index (κ3) is 3.29. The maximum atomic E-state index is 13.6. The van der Waals surface area contributed by atoms with Crippen LogP contribution in [-0.2, 0) is 11.9 Å². The number of rotatable bonds is 4. The third-order valence-corrected chi connectivity index (χ3v) is 3.37. The first kappa shape index (κ1) is 13.5. The highest BCUT2D eigenvalue weighted by atomic mass is 79.9. The van der Waals surface area contributed by atoms with Gasteiger partial charge in [0.1, 0.15) is 6.61 Å². The maximum Gasteiger partial charge on any atom is 0.165 e. The molecule has 1 aromatic carbocycles. The van der Waals surface area contributed by atoms with E-state index in [2.05, 4.69) is 36.8 Å². The minimum atomic E-state index is -0.352. The van der Waals surface area contributed by atoms with Gasteiger partial charge in [0.05, 0.1) is 0 Å². The van der Waals surface area contributed by atoms with Gasteiger partial charge in [0.25, 0.3) is 0 Å². The van der Waals surface area contributed by atoms with E-state index in [0.29, 0.717) is 5.33 Å². The van der Waals surface area contributed by atoms with Crippen molar-refractivity contribution in [3.8, 4) is 5.75 Å². The molecule has 0 fully saturated rings. The summed E-state index contributed by atoms with van der Waals surface area (Å²) in [6.07, 6.45) is 3.38. The largest absolute Gasteiger partial charge is 0.485 e. The number of hydrogen-bond donors (Lipinski definition) is 0. The first-order valence-corrected chi connectivity index (χ1v) is 7.17. The van der Waals surface area contributed by atoms with E-state index in [9.17, 15) is 4.39 Å². The number of para-hydroxylation sites is 1. The van der Waals surface area contributed by atoms with Crippen molar-refractivity contribution >= 4 is 31.9 Å². The van der Waals surface area contributed by atoms with Gasteiger partial charge in [-0.25, -0.2) is 4.39 Å². The van der Waals surface area contributed by atoms with Gasteiger partial charge in [0.2, 0.25) is 0 Å². The Morgan fingerprint density at radius 1 is 1.28 bits per heavy atom. The highest BCUT2D eigenvalue weighted by molar-refractivity contribution is 9.10. The molecular weight excluding hydrogens is 365 g/mol. The van der Waals surface area contributed by atoms with Crippen molar-refractivity contribution in [2.45, 2.75) is 11.9 Å². The Morgan fingerprint density at radius 3 is 2.83 bits per heavy atom. The summed E-state index contributed by atoms with van der Waals surface area (Å²) in [5.41, 5.74) is 1.67. The molecule has 0 aliphatic heterocycles. The fraction of sp³-hybridized carbons (Fsp3) is 0.154. The van der Waals surface area contributed by atoms with Crippen LogP contribution in [0.2, 0.25) is 0 Å². The van der Waals surface area contributed by atoms with Crippen LogP contribution in [0.1, 0.15) is 11.1 Å². The van der Waals surface area contributed by atoms with Crippen LogP contribution in [0.5, 0.6) is 5.75 Å². The van der Waals surface area contributed by atoms with Crippen molar-refractivity contribution < 1.29 is 9.13 Å². The summed E-state index contributed by atoms with van der Waals surface area (Å²) in [5.74, 6) is -0.0655. The van der Waals surface area contributed by atoms with Crippen molar-refractivity contribution in [1.29, 1.82) is 0 Å². The molecule has 5 heteroatoms. The van der Waals surface area contributed by atoms with Crippen LogP contribution in [0.15, 0.2) is 41.1 Å². The van der Waals surface area contributed by atoms with Gasteiger partial charge >= 0.3 is 0 Å². The SMILES string of the molecule is Fc1cccc(CBr)c1OCc1cncc(Br)c1. The van der Waals surface area contributed by atoms with E-state index in [1.165, 1.54) is 6.07 Å². The quantitative estimate of drug-likeness (QED) is 0.737. The first-order valence-electron chi connectivity index (χ1n) is 5.26. The van der Waals surface area contributed by atoms with E-state index >= 15 is 0 Å². The van der Waals surface area contributed by atoms with Crippen molar-refractivity contribution in [3.63, 3.8) is 0 Å². The summed E-state index contributed by atoms with van der Waals surface area (Å²) in [4.78, 5) is 4.03. The van der Waals surface area contributed by atoms with Crippen LogP contribution in [0.4, 0.5) is 4.39 Å². The maximum absolute atomic E-state index is 13.6. The highest BCUT2D eigenvalue weighted by Gasteiger charge is 2.09. The van der Waals surface area contributed by atoms with Crippen molar-refractivity contribution in [1.82, 2.24) is 4.98 Å². The summed E-state index contributed by atoms with van der Waals surface area (Å²) >= 11 is 6.65. The van der Waals surface area contributed by atoms with Gasteiger partial charge in [0.15, 0.2) is 11.6 Å². The number of benzene rings is 1. The standard InChI is InChI=1S/C13H10Br2FNO/c14-5-10-2-1-3-12(16)13(10)18-8-9-4-11(15)7-17-6-9/h1-4,6-7H,5,8H2. The molecule has 0 saturated heterocycles. The second kappa shape index (κ2) is 6.29. The predicted octanol–water partition coefficient (Wildman–Crippen LogP) is 4.46. The summed E-state index contributed by atoms with van der Waals surface area (Å²) in [6, 6.07) is 6.77. The van der Waals surface area contributed by atoms with Crippen LogP contribution < -0.4 is 4.74 Å². The number of alkyl halides is 1. The summed E-state index contributed by atoms with van der Waals surface area (Å²) in [7, 11) is 0. The van der Waals surface area contributed by atoms with E-state index in [0.717, 1.165) is 15.6 Å². The molecule has 0 amide bonds. The van der Waals surface area contributed by atoms with E-state index in [1.54, 1.807) is 18.5 Å². The van der Waals surface area contributed by atoms with Crippen LogP contribution in [-0.4, -0.2) is 4.98 Å². The lowest BCUT2D eigenvalue weighted by Crippen LogP contribution is -2.00. The van der Waals surface area contributed by atoms with E-state index in [4.69, 9.17) is 4.74 Å². The minimum Gasteiger partial charge on any atom is -0.485 e. The Kier molecular flexibility index (Phi) is 4.72. The molecule has 0 atom stereocenters. The lowest BCUT2D eigenvalue weighted by molar-refractivity contribution is 0.287. The second-order valence-electron chi connectivity index (χ2n) is 3.66. The molecule has 18 heavy (non-hydrogen) atoms. The number of ether oxygens (including phenoxy) is 1. The molecule has 1 heterocycles. The van der Waals surface area contributed by atoms with Crippen LogP contribution in [0.25, 0.3) is 0 Å². The molecule has 2 rings (SSSR count). The number of nitrogens with zero attached hydrogens (tertiary/aromatic N) is 1.